The Morgan fingerprint density at radius 1 is 1.09 bits per heavy atom. The summed E-state index contributed by atoms with van der Waals surface area (Å²) in [6, 6.07) is 0. The first-order valence-corrected chi connectivity index (χ1v) is 5.05. The minimum absolute atomic E-state index is 0.782. The minimum Gasteiger partial charge on any atom is -0.238 e. The lowest BCUT2D eigenvalue weighted by atomic mass is 11.0. The SMILES string of the molecule is NP(=O)(ON1CC1)ON1CC1. The van der Waals surface area contributed by atoms with E-state index in [1.165, 1.54) is 10.1 Å². The van der Waals surface area contributed by atoms with E-state index in [4.69, 9.17) is 14.8 Å². The average Bonchev–Trinajstić information content (AvgIpc) is 2.60. The lowest BCUT2D eigenvalue weighted by molar-refractivity contribution is -0.0147. The zero-order valence-electron chi connectivity index (χ0n) is 5.97. The second kappa shape index (κ2) is 2.52. The lowest BCUT2D eigenvalue weighted by Gasteiger charge is -2.11. The zero-order chi connectivity index (χ0) is 7.90. The molecule has 64 valence electrons. The van der Waals surface area contributed by atoms with Crippen molar-refractivity contribution in [2.45, 2.75) is 0 Å². The molecule has 2 saturated heterocycles. The van der Waals surface area contributed by atoms with Crippen LogP contribution in [-0.4, -0.2) is 36.3 Å². The summed E-state index contributed by atoms with van der Waals surface area (Å²) in [4.78, 5) is 0. The van der Waals surface area contributed by atoms with Gasteiger partial charge in [-0.05, 0) is 0 Å². The Morgan fingerprint density at radius 3 is 1.73 bits per heavy atom. The zero-order valence-corrected chi connectivity index (χ0v) is 6.87. The number of hydroxylamine groups is 4. The quantitative estimate of drug-likeness (QED) is 0.465. The van der Waals surface area contributed by atoms with E-state index in [-0.39, 0.29) is 0 Å². The first-order chi connectivity index (χ1) is 5.16. The van der Waals surface area contributed by atoms with Gasteiger partial charge in [0, 0.05) is 26.2 Å². The molecule has 2 heterocycles. The summed E-state index contributed by atoms with van der Waals surface area (Å²) in [6.07, 6.45) is 0. The molecule has 0 radical (unpaired) electrons. The van der Waals surface area contributed by atoms with Gasteiger partial charge in [0.05, 0.1) is 0 Å². The average molecular weight is 179 g/mol. The highest BCUT2D eigenvalue weighted by molar-refractivity contribution is 7.51. The molecule has 2 N–H and O–H groups in total. The van der Waals surface area contributed by atoms with Gasteiger partial charge in [-0.15, -0.1) is 0 Å². The summed E-state index contributed by atoms with van der Waals surface area (Å²) in [5, 5.41) is 3.01. The van der Waals surface area contributed by atoms with E-state index >= 15 is 0 Å². The summed E-state index contributed by atoms with van der Waals surface area (Å²) < 4.78 is 20.8. The summed E-state index contributed by atoms with van der Waals surface area (Å²) in [7, 11) is -3.33. The molecule has 2 aliphatic heterocycles. The third-order valence-electron chi connectivity index (χ3n) is 1.27. The van der Waals surface area contributed by atoms with Gasteiger partial charge in [0.2, 0.25) is 0 Å². The van der Waals surface area contributed by atoms with E-state index in [9.17, 15) is 4.57 Å². The van der Waals surface area contributed by atoms with Gasteiger partial charge in [-0.2, -0.15) is 10.1 Å². The highest BCUT2D eigenvalue weighted by Gasteiger charge is 2.34. The summed E-state index contributed by atoms with van der Waals surface area (Å²) >= 11 is 0. The fourth-order valence-corrected chi connectivity index (χ4v) is 1.58. The molecule has 0 amide bonds. The van der Waals surface area contributed by atoms with Crippen molar-refractivity contribution in [2.24, 2.45) is 5.50 Å². The topological polar surface area (TPSA) is 67.6 Å². The Kier molecular flexibility index (Phi) is 1.75. The number of hydrogen-bond acceptors (Lipinski definition) is 5. The van der Waals surface area contributed by atoms with Gasteiger partial charge in [0.25, 0.3) is 0 Å². The van der Waals surface area contributed by atoms with E-state index in [0.717, 1.165) is 26.2 Å². The van der Waals surface area contributed by atoms with Crippen LogP contribution >= 0.6 is 7.75 Å². The molecule has 2 aliphatic rings. The Morgan fingerprint density at radius 2 is 1.45 bits per heavy atom. The molecule has 0 unspecified atom stereocenters. The molecule has 0 bridgehead atoms. The maximum absolute atomic E-state index is 11.2. The van der Waals surface area contributed by atoms with E-state index < -0.39 is 7.75 Å². The molecular weight excluding hydrogens is 169 g/mol. The second-order valence-corrected chi connectivity index (χ2v) is 3.97. The van der Waals surface area contributed by atoms with E-state index in [1.807, 2.05) is 0 Å². The van der Waals surface area contributed by atoms with Crippen molar-refractivity contribution in [1.29, 1.82) is 0 Å². The van der Waals surface area contributed by atoms with E-state index in [1.54, 1.807) is 0 Å². The van der Waals surface area contributed by atoms with Crippen LogP contribution in [0.25, 0.3) is 0 Å². The third kappa shape index (κ3) is 2.52. The van der Waals surface area contributed by atoms with Gasteiger partial charge >= 0.3 is 7.75 Å². The van der Waals surface area contributed by atoms with Crippen molar-refractivity contribution in [1.82, 2.24) is 10.1 Å². The maximum atomic E-state index is 11.2. The van der Waals surface area contributed by atoms with Crippen molar-refractivity contribution in [2.75, 3.05) is 26.2 Å². The van der Waals surface area contributed by atoms with Crippen molar-refractivity contribution in [3.8, 4) is 0 Å². The summed E-state index contributed by atoms with van der Waals surface area (Å²) in [5.74, 6) is 0. The van der Waals surface area contributed by atoms with Crippen molar-refractivity contribution >= 4 is 7.75 Å². The highest BCUT2D eigenvalue weighted by atomic mass is 31.2. The van der Waals surface area contributed by atoms with Crippen molar-refractivity contribution < 1.29 is 13.8 Å². The minimum atomic E-state index is -3.33. The van der Waals surface area contributed by atoms with Crippen LogP contribution in [0.15, 0.2) is 0 Å². The molecule has 0 aromatic carbocycles. The van der Waals surface area contributed by atoms with Crippen LogP contribution in [0.5, 0.6) is 0 Å². The molecule has 7 heteroatoms. The van der Waals surface area contributed by atoms with Crippen LogP contribution in [0.4, 0.5) is 0 Å². The fourth-order valence-electron chi connectivity index (χ4n) is 0.582. The first-order valence-electron chi connectivity index (χ1n) is 3.44. The molecule has 0 aromatic heterocycles. The van der Waals surface area contributed by atoms with Gasteiger partial charge in [0.15, 0.2) is 0 Å². The molecule has 6 nitrogen and oxygen atoms in total. The molecule has 0 atom stereocenters. The molecule has 2 rings (SSSR count). The normalized spacial score (nSPS) is 25.5. The fraction of sp³-hybridized carbons (Fsp3) is 1.00. The van der Waals surface area contributed by atoms with Gasteiger partial charge in [0.1, 0.15) is 0 Å². The van der Waals surface area contributed by atoms with Crippen LogP contribution in [0, 0.1) is 0 Å². The standard InChI is InChI=1S/C4H10N3O3P/c5-11(8,9-6-1-2-6)10-7-3-4-7/h1-4H2,(H2,5,8). The van der Waals surface area contributed by atoms with E-state index in [0.29, 0.717) is 0 Å². The van der Waals surface area contributed by atoms with Gasteiger partial charge in [-0.3, -0.25) is 0 Å². The second-order valence-electron chi connectivity index (χ2n) is 2.56. The Hall–Kier alpha value is 0.0300. The van der Waals surface area contributed by atoms with Gasteiger partial charge < -0.3 is 0 Å². The Labute approximate surface area is 64.3 Å². The largest absolute Gasteiger partial charge is 0.436 e. The number of rotatable bonds is 4. The Balaban J connectivity index is 1.80. The van der Waals surface area contributed by atoms with Crippen LogP contribution in [-0.2, 0) is 13.8 Å². The number of hydrogen-bond donors (Lipinski definition) is 1. The van der Waals surface area contributed by atoms with E-state index in [2.05, 4.69) is 0 Å². The lowest BCUT2D eigenvalue weighted by Crippen LogP contribution is -2.10. The van der Waals surface area contributed by atoms with Crippen LogP contribution in [0.2, 0.25) is 0 Å². The smallest absolute Gasteiger partial charge is 0.238 e. The predicted molar refractivity (Wildman–Crippen MR) is 37.1 cm³/mol. The maximum Gasteiger partial charge on any atom is 0.436 e. The molecule has 0 aromatic rings. The molecule has 0 aliphatic carbocycles. The molecule has 0 spiro atoms. The highest BCUT2D eigenvalue weighted by Crippen LogP contribution is 2.44. The van der Waals surface area contributed by atoms with Crippen LogP contribution in [0.1, 0.15) is 0 Å². The van der Waals surface area contributed by atoms with Crippen molar-refractivity contribution in [3.63, 3.8) is 0 Å². The Bertz CT molecular complexity index is 185. The monoisotopic (exact) mass is 179 g/mol. The molecule has 11 heavy (non-hydrogen) atoms. The van der Waals surface area contributed by atoms with Crippen molar-refractivity contribution in [3.05, 3.63) is 0 Å². The van der Waals surface area contributed by atoms with Crippen LogP contribution < -0.4 is 5.50 Å². The van der Waals surface area contributed by atoms with Gasteiger partial charge in [-0.1, -0.05) is 0 Å². The number of nitrogens with two attached hydrogens (primary N) is 1. The molecule has 0 saturated carbocycles. The third-order valence-corrected chi connectivity index (χ3v) is 2.19. The summed E-state index contributed by atoms with van der Waals surface area (Å²) in [5.41, 5.74) is 5.23. The van der Waals surface area contributed by atoms with Crippen LogP contribution in [0.3, 0.4) is 0 Å². The first kappa shape index (κ1) is 7.67. The summed E-state index contributed by atoms with van der Waals surface area (Å²) in [6.45, 7) is 3.13. The number of nitrogens with zero attached hydrogens (tertiary/aromatic N) is 2. The molecule has 2 fully saturated rings. The van der Waals surface area contributed by atoms with Gasteiger partial charge in [-0.25, -0.2) is 19.3 Å². The molecular formula is C4H10N3O3P. The predicted octanol–water partition coefficient (Wildman–Crippen LogP) is -0.452.